The van der Waals surface area contributed by atoms with Crippen LogP contribution in [0.15, 0.2) is 18.5 Å². The predicted octanol–water partition coefficient (Wildman–Crippen LogP) is -1.15. The fraction of sp³-hybridized carbons (Fsp3) is 0.636. The number of nitrogens with zero attached hydrogens (tertiary/aromatic N) is 3. The second-order valence-corrected chi connectivity index (χ2v) is 4.72. The van der Waals surface area contributed by atoms with E-state index in [-0.39, 0.29) is 17.9 Å². The highest BCUT2D eigenvalue weighted by Gasteiger charge is 2.39. The lowest BCUT2D eigenvalue weighted by Gasteiger charge is -2.30. The molecule has 2 aliphatic rings. The van der Waals surface area contributed by atoms with Crippen molar-refractivity contribution >= 4 is 5.91 Å². The molecule has 0 radical (unpaired) electrons. The Balaban J connectivity index is 1.68. The molecule has 1 amide bonds. The van der Waals surface area contributed by atoms with Crippen LogP contribution in [0.2, 0.25) is 0 Å². The highest BCUT2D eigenvalue weighted by Crippen LogP contribution is 2.23. The van der Waals surface area contributed by atoms with Crippen LogP contribution in [0.1, 0.15) is 6.04 Å². The van der Waals surface area contributed by atoms with Gasteiger partial charge in [0.15, 0.2) is 0 Å². The number of aromatic nitrogens is 2. The summed E-state index contributed by atoms with van der Waals surface area (Å²) in [5.74, 6) is 0.246. The van der Waals surface area contributed by atoms with E-state index in [1.54, 1.807) is 15.8 Å². The highest BCUT2D eigenvalue weighted by molar-refractivity contribution is 5.80. The topological polar surface area (TPSA) is 70.4 Å². The summed E-state index contributed by atoms with van der Waals surface area (Å²) in [6.07, 6.45) is 2.99. The monoisotopic (exact) mass is 236 g/mol. The van der Waals surface area contributed by atoms with Crippen molar-refractivity contribution in [2.75, 3.05) is 26.2 Å². The van der Waals surface area contributed by atoms with Crippen LogP contribution < -0.4 is 5.32 Å². The van der Waals surface area contributed by atoms with Crippen LogP contribution in [-0.4, -0.2) is 58.0 Å². The summed E-state index contributed by atoms with van der Waals surface area (Å²) in [4.78, 5) is 13.8. The van der Waals surface area contributed by atoms with Gasteiger partial charge in [-0.05, 0) is 6.07 Å². The van der Waals surface area contributed by atoms with E-state index in [0.717, 1.165) is 13.1 Å². The average Bonchev–Trinajstić information content (AvgIpc) is 2.82. The van der Waals surface area contributed by atoms with Gasteiger partial charge in [0.2, 0.25) is 5.91 Å². The normalized spacial score (nSPS) is 29.4. The summed E-state index contributed by atoms with van der Waals surface area (Å²) < 4.78 is 1.73. The Morgan fingerprint density at radius 2 is 2.24 bits per heavy atom. The molecule has 0 spiro atoms. The van der Waals surface area contributed by atoms with Gasteiger partial charge in [-0.3, -0.25) is 9.48 Å². The quantitative estimate of drug-likeness (QED) is 0.680. The number of amides is 1. The van der Waals surface area contributed by atoms with Crippen molar-refractivity contribution in [3.05, 3.63) is 18.5 Å². The maximum absolute atomic E-state index is 12.0. The number of rotatable bonds is 2. The van der Waals surface area contributed by atoms with Gasteiger partial charge in [-0.1, -0.05) is 0 Å². The maximum Gasteiger partial charge on any atom is 0.228 e. The summed E-state index contributed by atoms with van der Waals surface area (Å²) in [5.41, 5.74) is 0. The predicted molar refractivity (Wildman–Crippen MR) is 60.2 cm³/mol. The lowest BCUT2D eigenvalue weighted by Crippen LogP contribution is -2.51. The number of hydrogen-bond donors (Lipinski definition) is 2. The molecule has 3 rings (SSSR count). The number of hydrogen-bond acceptors (Lipinski definition) is 4. The summed E-state index contributed by atoms with van der Waals surface area (Å²) in [6.45, 7) is 2.49. The Bertz CT molecular complexity index is 402. The van der Waals surface area contributed by atoms with E-state index in [4.69, 9.17) is 0 Å². The molecule has 0 unspecified atom stereocenters. The molecular weight excluding hydrogens is 220 g/mol. The Hall–Kier alpha value is -1.40. The standard InChI is InChI=1S/C11H16N4O2/c16-10-7-14(11(17)8-4-12-5-8)6-9(10)15-3-1-2-13-15/h1-3,8-10,12,16H,4-7H2/t9-,10-/m0/s1. The van der Waals surface area contributed by atoms with Gasteiger partial charge in [0, 0.05) is 38.6 Å². The molecule has 0 saturated carbocycles. The van der Waals surface area contributed by atoms with Gasteiger partial charge in [-0.15, -0.1) is 0 Å². The number of nitrogens with one attached hydrogen (secondary N) is 1. The first-order valence-electron chi connectivity index (χ1n) is 5.92. The van der Waals surface area contributed by atoms with Crippen molar-refractivity contribution < 1.29 is 9.90 Å². The zero-order chi connectivity index (χ0) is 11.8. The molecule has 6 heteroatoms. The molecule has 3 heterocycles. The number of carbonyl (C=O) groups is 1. The van der Waals surface area contributed by atoms with E-state index in [0.29, 0.717) is 13.1 Å². The number of likely N-dealkylation sites (tertiary alicyclic amines) is 1. The first-order valence-corrected chi connectivity index (χ1v) is 5.92. The van der Waals surface area contributed by atoms with Gasteiger partial charge < -0.3 is 15.3 Å². The average molecular weight is 236 g/mol. The first kappa shape index (κ1) is 10.7. The number of aliphatic hydroxyl groups is 1. The van der Waals surface area contributed by atoms with Gasteiger partial charge in [0.1, 0.15) is 0 Å². The van der Waals surface area contributed by atoms with Crippen LogP contribution in [0.3, 0.4) is 0 Å². The minimum absolute atomic E-state index is 0.0959. The third-order valence-electron chi connectivity index (χ3n) is 3.57. The van der Waals surface area contributed by atoms with Crippen LogP contribution in [-0.2, 0) is 4.79 Å². The van der Waals surface area contributed by atoms with Gasteiger partial charge in [-0.25, -0.2) is 0 Å². The van der Waals surface area contributed by atoms with Crippen molar-refractivity contribution in [1.29, 1.82) is 0 Å². The lowest BCUT2D eigenvalue weighted by atomic mass is 10.0. The smallest absolute Gasteiger partial charge is 0.228 e. The van der Waals surface area contributed by atoms with E-state index in [2.05, 4.69) is 10.4 Å². The molecule has 2 aliphatic heterocycles. The van der Waals surface area contributed by atoms with Crippen LogP contribution in [0.5, 0.6) is 0 Å². The van der Waals surface area contributed by atoms with Gasteiger partial charge in [-0.2, -0.15) is 5.10 Å². The summed E-state index contributed by atoms with van der Waals surface area (Å²) in [7, 11) is 0. The minimum Gasteiger partial charge on any atom is -0.389 e. The molecule has 0 aromatic carbocycles. The van der Waals surface area contributed by atoms with Gasteiger partial charge >= 0.3 is 0 Å². The van der Waals surface area contributed by atoms with Crippen molar-refractivity contribution in [1.82, 2.24) is 20.0 Å². The molecule has 1 aromatic rings. The molecule has 2 atom stereocenters. The first-order chi connectivity index (χ1) is 8.25. The Kier molecular flexibility index (Phi) is 2.60. The molecule has 0 aliphatic carbocycles. The number of β-amino-alcohol motifs (C(OH)–C–C–N with tert-alkyl or cyclic N) is 1. The maximum atomic E-state index is 12.0. The molecule has 2 saturated heterocycles. The third-order valence-corrected chi connectivity index (χ3v) is 3.57. The molecule has 1 aromatic heterocycles. The zero-order valence-corrected chi connectivity index (χ0v) is 9.49. The van der Waals surface area contributed by atoms with Crippen LogP contribution in [0.25, 0.3) is 0 Å². The molecule has 92 valence electrons. The Labute approximate surface area is 99.2 Å². The van der Waals surface area contributed by atoms with Crippen LogP contribution >= 0.6 is 0 Å². The largest absolute Gasteiger partial charge is 0.389 e. The van der Waals surface area contributed by atoms with Gasteiger partial charge in [0.25, 0.3) is 0 Å². The third kappa shape index (κ3) is 1.83. The molecule has 0 bridgehead atoms. The summed E-state index contributed by atoms with van der Waals surface area (Å²) in [5, 5.41) is 17.2. The van der Waals surface area contributed by atoms with Crippen molar-refractivity contribution in [3.63, 3.8) is 0 Å². The van der Waals surface area contributed by atoms with Crippen LogP contribution in [0.4, 0.5) is 0 Å². The summed E-state index contributed by atoms with van der Waals surface area (Å²) >= 11 is 0. The van der Waals surface area contributed by atoms with E-state index in [9.17, 15) is 9.90 Å². The summed E-state index contributed by atoms with van der Waals surface area (Å²) in [6, 6.07) is 1.72. The van der Waals surface area contributed by atoms with Crippen molar-refractivity contribution in [3.8, 4) is 0 Å². The minimum atomic E-state index is -0.521. The van der Waals surface area contributed by atoms with Gasteiger partial charge in [0.05, 0.1) is 18.1 Å². The molecule has 2 fully saturated rings. The second-order valence-electron chi connectivity index (χ2n) is 4.72. The molecule has 17 heavy (non-hydrogen) atoms. The lowest BCUT2D eigenvalue weighted by molar-refractivity contribution is -0.136. The van der Waals surface area contributed by atoms with Crippen LogP contribution in [0, 0.1) is 5.92 Å². The fourth-order valence-electron chi connectivity index (χ4n) is 2.41. The Morgan fingerprint density at radius 1 is 1.41 bits per heavy atom. The van der Waals surface area contributed by atoms with Crippen molar-refractivity contribution in [2.45, 2.75) is 12.1 Å². The Morgan fingerprint density at radius 3 is 2.82 bits per heavy atom. The highest BCUT2D eigenvalue weighted by atomic mass is 16.3. The number of carbonyl (C=O) groups excluding carboxylic acids is 1. The van der Waals surface area contributed by atoms with E-state index < -0.39 is 6.10 Å². The van der Waals surface area contributed by atoms with E-state index >= 15 is 0 Å². The fourth-order valence-corrected chi connectivity index (χ4v) is 2.41. The van der Waals surface area contributed by atoms with Crippen molar-refractivity contribution in [2.24, 2.45) is 5.92 Å². The molecule has 2 N–H and O–H groups in total. The molecular formula is C11H16N4O2. The van der Waals surface area contributed by atoms with E-state index in [1.165, 1.54) is 0 Å². The number of aliphatic hydroxyl groups excluding tert-OH is 1. The zero-order valence-electron chi connectivity index (χ0n) is 9.49. The SMILES string of the molecule is O=C(C1CNC1)N1C[C@H](O)[C@@H](n2cccn2)C1. The van der Waals surface area contributed by atoms with E-state index in [1.807, 2.05) is 12.3 Å². The molecule has 6 nitrogen and oxygen atoms in total. The second kappa shape index (κ2) is 4.12.